The van der Waals surface area contributed by atoms with Crippen LogP contribution in [0, 0.1) is 17.5 Å². The minimum Gasteiger partial charge on any atom is -0.352 e. The molecule has 0 radical (unpaired) electrons. The van der Waals surface area contributed by atoms with E-state index in [9.17, 15) is 4.79 Å². The second-order valence-electron chi connectivity index (χ2n) is 5.60. The minimum absolute atomic E-state index is 0.0333. The van der Waals surface area contributed by atoms with Crippen molar-refractivity contribution in [3.8, 4) is 11.1 Å². The number of aryl methyl sites for hydroxylation is 1. The van der Waals surface area contributed by atoms with E-state index in [1.54, 1.807) is 0 Å². The molecule has 5 heteroatoms. The average Bonchev–Trinajstić information content (AvgIpc) is 2.91. The molecule has 2 aromatic carbocycles. The molecule has 3 aromatic rings. The maximum Gasteiger partial charge on any atom is 0.251 e. The van der Waals surface area contributed by atoms with Gasteiger partial charge in [-0.25, -0.2) is 0 Å². The fourth-order valence-corrected chi connectivity index (χ4v) is 3.30. The van der Waals surface area contributed by atoms with Crippen molar-refractivity contribution in [1.29, 1.82) is 0 Å². The topological polar surface area (TPSA) is 57.8 Å². The van der Waals surface area contributed by atoms with Crippen LogP contribution in [0.2, 0.25) is 0 Å². The molecule has 0 saturated carbocycles. The summed E-state index contributed by atoms with van der Waals surface area (Å²) in [7, 11) is 0. The number of hydrogen-bond acceptors (Lipinski definition) is 2. The summed E-state index contributed by atoms with van der Waals surface area (Å²) >= 11 is 2.22. The first-order valence-corrected chi connectivity index (χ1v) is 8.62. The van der Waals surface area contributed by atoms with E-state index in [1.807, 2.05) is 26.0 Å². The molecule has 4 nitrogen and oxygen atoms in total. The van der Waals surface area contributed by atoms with Gasteiger partial charge in [-0.1, -0.05) is 6.07 Å². The van der Waals surface area contributed by atoms with Gasteiger partial charge in [0.25, 0.3) is 5.91 Å². The Balaban J connectivity index is 2.14. The summed E-state index contributed by atoms with van der Waals surface area (Å²) in [6, 6.07) is 10.2. The first-order valence-electron chi connectivity index (χ1n) is 7.54. The number of nitrogens with zero attached hydrogens (tertiary/aromatic N) is 1. The van der Waals surface area contributed by atoms with E-state index in [0.29, 0.717) is 12.1 Å². The molecule has 0 aliphatic heterocycles. The van der Waals surface area contributed by atoms with Crippen LogP contribution in [0.15, 0.2) is 30.3 Å². The van der Waals surface area contributed by atoms with Crippen molar-refractivity contribution < 1.29 is 4.79 Å². The number of hydrogen-bond donors (Lipinski definition) is 2. The number of nitrogens with one attached hydrogen (secondary N) is 2. The summed E-state index contributed by atoms with van der Waals surface area (Å²) in [5, 5.41) is 11.3. The first kappa shape index (κ1) is 16.0. The third-order valence-electron chi connectivity index (χ3n) is 4.09. The second kappa shape index (κ2) is 6.31. The van der Waals surface area contributed by atoms with Gasteiger partial charge in [-0.2, -0.15) is 5.10 Å². The largest absolute Gasteiger partial charge is 0.352 e. The summed E-state index contributed by atoms with van der Waals surface area (Å²) in [6.45, 7) is 6.68. The van der Waals surface area contributed by atoms with Crippen LogP contribution in [-0.2, 0) is 0 Å². The van der Waals surface area contributed by atoms with E-state index in [2.05, 4.69) is 63.2 Å². The Hall–Kier alpha value is -1.89. The van der Waals surface area contributed by atoms with Crippen LogP contribution >= 0.6 is 22.6 Å². The van der Waals surface area contributed by atoms with Gasteiger partial charge in [0.2, 0.25) is 0 Å². The van der Waals surface area contributed by atoms with Crippen molar-refractivity contribution in [3.63, 3.8) is 0 Å². The summed E-state index contributed by atoms with van der Waals surface area (Å²) in [5.41, 5.74) is 6.17. The van der Waals surface area contributed by atoms with Crippen LogP contribution in [0.25, 0.3) is 22.0 Å². The van der Waals surface area contributed by atoms with Crippen LogP contribution in [0.5, 0.6) is 0 Å². The Morgan fingerprint density at radius 1 is 1.26 bits per heavy atom. The lowest BCUT2D eigenvalue weighted by Gasteiger charge is -2.12. The highest BCUT2D eigenvalue weighted by Gasteiger charge is 2.12. The zero-order valence-electron chi connectivity index (χ0n) is 13.3. The number of aromatic nitrogens is 2. The van der Waals surface area contributed by atoms with E-state index < -0.39 is 0 Å². The van der Waals surface area contributed by atoms with Gasteiger partial charge in [-0.15, -0.1) is 0 Å². The zero-order chi connectivity index (χ0) is 16.6. The van der Waals surface area contributed by atoms with Crippen LogP contribution in [-0.4, -0.2) is 22.6 Å². The molecular weight excluding hydrogens is 401 g/mol. The molecule has 0 spiro atoms. The highest BCUT2D eigenvalue weighted by Crippen LogP contribution is 2.30. The molecule has 1 aromatic heterocycles. The van der Waals surface area contributed by atoms with Gasteiger partial charge in [0.15, 0.2) is 0 Å². The Kier molecular flexibility index (Phi) is 4.39. The highest BCUT2D eigenvalue weighted by molar-refractivity contribution is 14.1. The number of H-pyrrole nitrogens is 1. The standard InChI is InChI=1S/C18H18IN3O/c1-4-20-18(23)13-7-10(2)11(3)15(8-13)12-5-6-14-16(9-12)21-22-17(14)19/h5-9H,4H2,1-3H3,(H,20,23)(H,21,22). The molecule has 1 heterocycles. The monoisotopic (exact) mass is 419 g/mol. The van der Waals surface area contributed by atoms with Crippen molar-refractivity contribution in [1.82, 2.24) is 15.5 Å². The van der Waals surface area contributed by atoms with Gasteiger partial charge in [0.1, 0.15) is 3.70 Å². The maximum atomic E-state index is 12.2. The lowest BCUT2D eigenvalue weighted by atomic mass is 9.93. The molecule has 23 heavy (non-hydrogen) atoms. The Bertz CT molecular complexity index is 899. The van der Waals surface area contributed by atoms with E-state index >= 15 is 0 Å². The van der Waals surface area contributed by atoms with Crippen molar-refractivity contribution in [2.45, 2.75) is 20.8 Å². The number of amides is 1. The molecule has 0 atom stereocenters. The summed E-state index contributed by atoms with van der Waals surface area (Å²) in [4.78, 5) is 12.2. The number of carbonyl (C=O) groups excluding carboxylic acids is 1. The number of benzene rings is 2. The van der Waals surface area contributed by atoms with Crippen molar-refractivity contribution in [3.05, 3.63) is 50.7 Å². The SMILES string of the molecule is CCNC(=O)c1cc(C)c(C)c(-c2ccc3c(I)n[nH]c3c2)c1. The van der Waals surface area contributed by atoms with Crippen LogP contribution < -0.4 is 5.32 Å². The fraction of sp³-hybridized carbons (Fsp3) is 0.222. The third-order valence-corrected chi connectivity index (χ3v) is 4.92. The summed E-state index contributed by atoms with van der Waals surface area (Å²) in [6.07, 6.45) is 0. The van der Waals surface area contributed by atoms with Gasteiger partial charge in [0.05, 0.1) is 5.52 Å². The van der Waals surface area contributed by atoms with E-state index in [-0.39, 0.29) is 5.91 Å². The number of fused-ring (bicyclic) bond motifs is 1. The lowest BCUT2D eigenvalue weighted by molar-refractivity contribution is 0.0956. The van der Waals surface area contributed by atoms with Gasteiger partial charge in [-0.3, -0.25) is 9.89 Å². The summed E-state index contributed by atoms with van der Waals surface area (Å²) < 4.78 is 0.966. The smallest absolute Gasteiger partial charge is 0.251 e. The van der Waals surface area contributed by atoms with Gasteiger partial charge < -0.3 is 5.32 Å². The van der Waals surface area contributed by atoms with Crippen LogP contribution in [0.4, 0.5) is 0 Å². The maximum absolute atomic E-state index is 12.2. The second-order valence-corrected chi connectivity index (χ2v) is 6.62. The van der Waals surface area contributed by atoms with Gasteiger partial charge >= 0.3 is 0 Å². The number of halogens is 1. The van der Waals surface area contributed by atoms with E-state index in [0.717, 1.165) is 31.3 Å². The first-order chi connectivity index (χ1) is 11.0. The molecule has 0 aliphatic carbocycles. The average molecular weight is 419 g/mol. The Morgan fingerprint density at radius 3 is 2.78 bits per heavy atom. The van der Waals surface area contributed by atoms with Gasteiger partial charge in [0, 0.05) is 17.5 Å². The molecule has 2 N–H and O–H groups in total. The Morgan fingerprint density at radius 2 is 2.04 bits per heavy atom. The molecule has 0 aliphatic rings. The highest BCUT2D eigenvalue weighted by atomic mass is 127. The van der Waals surface area contributed by atoms with Crippen LogP contribution in [0.3, 0.4) is 0 Å². The van der Waals surface area contributed by atoms with Crippen molar-refractivity contribution >= 4 is 39.4 Å². The number of aromatic amines is 1. The Labute approximate surface area is 148 Å². The molecular formula is C18H18IN3O. The molecule has 1 amide bonds. The molecule has 0 fully saturated rings. The zero-order valence-corrected chi connectivity index (χ0v) is 15.5. The normalized spacial score (nSPS) is 11.0. The molecule has 3 rings (SSSR count). The fourth-order valence-electron chi connectivity index (χ4n) is 2.71. The molecule has 0 saturated heterocycles. The number of rotatable bonds is 3. The predicted molar refractivity (Wildman–Crippen MR) is 102 cm³/mol. The quantitative estimate of drug-likeness (QED) is 0.626. The predicted octanol–water partition coefficient (Wildman–Crippen LogP) is 4.20. The third kappa shape index (κ3) is 2.97. The molecule has 118 valence electrons. The van der Waals surface area contributed by atoms with Gasteiger partial charge in [-0.05, 0) is 89.9 Å². The van der Waals surface area contributed by atoms with Crippen molar-refractivity contribution in [2.75, 3.05) is 6.54 Å². The van der Waals surface area contributed by atoms with Crippen molar-refractivity contribution in [2.24, 2.45) is 0 Å². The van der Waals surface area contributed by atoms with E-state index in [1.165, 1.54) is 5.56 Å². The van der Waals surface area contributed by atoms with E-state index in [4.69, 9.17) is 0 Å². The molecule has 0 unspecified atom stereocenters. The lowest BCUT2D eigenvalue weighted by Crippen LogP contribution is -2.22. The minimum atomic E-state index is -0.0333. The molecule has 0 bridgehead atoms. The number of carbonyl (C=O) groups is 1. The van der Waals surface area contributed by atoms with Crippen LogP contribution in [0.1, 0.15) is 28.4 Å². The summed E-state index contributed by atoms with van der Waals surface area (Å²) in [5.74, 6) is -0.0333.